The Hall–Kier alpha value is -2.89. The van der Waals surface area contributed by atoms with Crippen molar-refractivity contribution in [1.82, 2.24) is 9.78 Å². The maximum atomic E-state index is 14.3. The Kier molecular flexibility index (Phi) is 4.11. The van der Waals surface area contributed by atoms with Gasteiger partial charge in [0.25, 0.3) is 0 Å². The molecule has 6 heteroatoms. The van der Waals surface area contributed by atoms with Gasteiger partial charge in [-0.15, -0.1) is 0 Å². The third kappa shape index (κ3) is 2.81. The summed E-state index contributed by atoms with van der Waals surface area (Å²) in [5.41, 5.74) is 2.71. The van der Waals surface area contributed by atoms with Crippen LogP contribution in [0, 0.1) is 17.5 Å². The second-order valence-corrected chi connectivity index (χ2v) is 6.44. The molecule has 3 aromatic rings. The van der Waals surface area contributed by atoms with Crippen molar-refractivity contribution in [3.63, 3.8) is 0 Å². The summed E-state index contributed by atoms with van der Waals surface area (Å²) in [5.74, 6) is -1.77. The number of carbonyl (C=O) groups is 1. The van der Waals surface area contributed by atoms with Gasteiger partial charge in [-0.2, -0.15) is 5.10 Å². The fourth-order valence-corrected chi connectivity index (χ4v) is 3.69. The maximum absolute atomic E-state index is 14.3. The van der Waals surface area contributed by atoms with Crippen molar-refractivity contribution in [3.05, 3.63) is 82.4 Å². The van der Waals surface area contributed by atoms with Crippen LogP contribution in [-0.4, -0.2) is 16.1 Å². The van der Waals surface area contributed by atoms with E-state index in [0.717, 1.165) is 35.4 Å². The molecule has 0 N–H and O–H groups in total. The van der Waals surface area contributed by atoms with Gasteiger partial charge in [-0.3, -0.25) is 4.79 Å². The summed E-state index contributed by atoms with van der Waals surface area (Å²) >= 11 is 0. The first-order valence-corrected chi connectivity index (χ1v) is 8.33. The van der Waals surface area contributed by atoms with Crippen molar-refractivity contribution < 1.29 is 18.0 Å². The summed E-state index contributed by atoms with van der Waals surface area (Å²) in [4.78, 5) is 11.4. The minimum Gasteiger partial charge on any atom is -0.296 e. The van der Waals surface area contributed by atoms with E-state index in [2.05, 4.69) is 5.10 Å². The first-order valence-electron chi connectivity index (χ1n) is 8.33. The number of rotatable bonds is 4. The fraction of sp³-hybridized carbons (Fsp3) is 0.200. The molecule has 0 saturated heterocycles. The second kappa shape index (κ2) is 6.44. The molecule has 4 rings (SSSR count). The van der Waals surface area contributed by atoms with Crippen LogP contribution < -0.4 is 0 Å². The molecule has 132 valence electrons. The summed E-state index contributed by atoms with van der Waals surface area (Å²) < 4.78 is 42.4. The molecular weight excluding hydrogens is 341 g/mol. The summed E-state index contributed by atoms with van der Waals surface area (Å²) in [6.45, 7) is 0. The highest BCUT2D eigenvalue weighted by Crippen LogP contribution is 2.38. The third-order valence-corrected chi connectivity index (χ3v) is 4.80. The summed E-state index contributed by atoms with van der Waals surface area (Å²) in [5, 5.41) is 4.23. The predicted octanol–water partition coefficient (Wildman–Crippen LogP) is 4.37. The van der Waals surface area contributed by atoms with Crippen LogP contribution in [0.25, 0.3) is 5.69 Å². The van der Waals surface area contributed by atoms with Crippen LogP contribution >= 0.6 is 0 Å². The lowest BCUT2D eigenvalue weighted by molar-refractivity contribution is 0.111. The number of aldehydes is 1. The van der Waals surface area contributed by atoms with Crippen LogP contribution in [0.3, 0.4) is 0 Å². The highest BCUT2D eigenvalue weighted by atomic mass is 19.1. The maximum Gasteiger partial charge on any atom is 0.170 e. The van der Waals surface area contributed by atoms with E-state index in [1.807, 2.05) is 6.07 Å². The average molecular weight is 356 g/mol. The zero-order valence-corrected chi connectivity index (χ0v) is 13.8. The highest BCUT2D eigenvalue weighted by molar-refractivity contribution is 5.75. The van der Waals surface area contributed by atoms with Crippen molar-refractivity contribution in [2.75, 3.05) is 0 Å². The lowest BCUT2D eigenvalue weighted by Gasteiger charge is -2.15. The molecule has 1 aromatic heterocycles. The van der Waals surface area contributed by atoms with Crippen molar-refractivity contribution in [3.8, 4) is 5.69 Å². The summed E-state index contributed by atoms with van der Waals surface area (Å²) in [7, 11) is 0. The molecule has 2 aromatic carbocycles. The standard InChI is InChI=1S/C20H15F3N2O/c21-14-3-1-2-12(9-14)8-13-4-6-16-18(11-26)24-25(20(13)16)19-7-5-15(22)10-17(19)23/h1-3,5,7,9-11,13H,4,6,8H2. The van der Waals surface area contributed by atoms with E-state index < -0.39 is 11.6 Å². The molecule has 1 aliphatic rings. The van der Waals surface area contributed by atoms with Gasteiger partial charge in [0.15, 0.2) is 12.1 Å². The number of nitrogens with zero attached hydrogens (tertiary/aromatic N) is 2. The topological polar surface area (TPSA) is 34.9 Å². The Labute approximate surface area is 148 Å². The molecule has 1 atom stereocenters. The van der Waals surface area contributed by atoms with Gasteiger partial charge in [-0.1, -0.05) is 12.1 Å². The van der Waals surface area contributed by atoms with E-state index in [4.69, 9.17) is 0 Å². The Morgan fingerprint density at radius 1 is 1.12 bits per heavy atom. The van der Waals surface area contributed by atoms with Crippen LogP contribution in [0.15, 0.2) is 42.5 Å². The highest BCUT2D eigenvalue weighted by Gasteiger charge is 2.32. The number of hydrogen-bond donors (Lipinski definition) is 0. The summed E-state index contributed by atoms with van der Waals surface area (Å²) in [6, 6.07) is 9.59. The zero-order valence-electron chi connectivity index (χ0n) is 13.8. The van der Waals surface area contributed by atoms with E-state index >= 15 is 0 Å². The zero-order chi connectivity index (χ0) is 18.3. The van der Waals surface area contributed by atoms with Gasteiger partial charge < -0.3 is 0 Å². The van der Waals surface area contributed by atoms with Crippen molar-refractivity contribution in [2.45, 2.75) is 25.2 Å². The number of hydrogen-bond acceptors (Lipinski definition) is 2. The molecule has 0 spiro atoms. The lowest BCUT2D eigenvalue weighted by Crippen LogP contribution is -2.10. The molecular formula is C20H15F3N2O. The Bertz CT molecular complexity index is 997. The predicted molar refractivity (Wildman–Crippen MR) is 90.0 cm³/mol. The van der Waals surface area contributed by atoms with Crippen molar-refractivity contribution in [1.29, 1.82) is 0 Å². The van der Waals surface area contributed by atoms with Gasteiger partial charge in [-0.05, 0) is 49.1 Å². The van der Waals surface area contributed by atoms with Gasteiger partial charge >= 0.3 is 0 Å². The van der Waals surface area contributed by atoms with Crippen molar-refractivity contribution >= 4 is 6.29 Å². The molecule has 3 nitrogen and oxygen atoms in total. The van der Waals surface area contributed by atoms with E-state index in [-0.39, 0.29) is 23.1 Å². The monoisotopic (exact) mass is 356 g/mol. The fourth-order valence-electron chi connectivity index (χ4n) is 3.69. The van der Waals surface area contributed by atoms with E-state index in [9.17, 15) is 18.0 Å². The molecule has 0 aliphatic heterocycles. The Balaban J connectivity index is 1.79. The molecule has 1 heterocycles. The minimum atomic E-state index is -0.746. The SMILES string of the molecule is O=Cc1nn(-c2ccc(F)cc2F)c2c1CCC2Cc1cccc(F)c1. The van der Waals surface area contributed by atoms with Gasteiger partial charge in [0.2, 0.25) is 0 Å². The molecule has 1 aliphatic carbocycles. The number of halogens is 3. The second-order valence-electron chi connectivity index (χ2n) is 6.44. The van der Waals surface area contributed by atoms with Gasteiger partial charge in [0, 0.05) is 17.5 Å². The molecule has 0 amide bonds. The van der Waals surface area contributed by atoms with Crippen LogP contribution in [-0.2, 0) is 12.8 Å². The first kappa shape index (κ1) is 16.6. The molecule has 1 unspecified atom stereocenters. The number of benzene rings is 2. The first-order chi connectivity index (χ1) is 12.6. The quantitative estimate of drug-likeness (QED) is 0.651. The van der Waals surface area contributed by atoms with E-state index in [1.165, 1.54) is 22.9 Å². The molecule has 0 bridgehead atoms. The van der Waals surface area contributed by atoms with Crippen LogP contribution in [0.5, 0.6) is 0 Å². The van der Waals surface area contributed by atoms with Crippen molar-refractivity contribution in [2.24, 2.45) is 0 Å². The van der Waals surface area contributed by atoms with Gasteiger partial charge in [-0.25, -0.2) is 17.9 Å². The Morgan fingerprint density at radius 2 is 1.92 bits per heavy atom. The van der Waals surface area contributed by atoms with Crippen LogP contribution in [0.4, 0.5) is 13.2 Å². The van der Waals surface area contributed by atoms with E-state index in [0.29, 0.717) is 19.1 Å². The number of carbonyl (C=O) groups excluding carboxylic acids is 1. The third-order valence-electron chi connectivity index (χ3n) is 4.80. The smallest absolute Gasteiger partial charge is 0.170 e. The molecule has 0 radical (unpaired) electrons. The normalized spacial score (nSPS) is 15.9. The van der Waals surface area contributed by atoms with Gasteiger partial charge in [0.1, 0.15) is 23.0 Å². The van der Waals surface area contributed by atoms with Gasteiger partial charge in [0.05, 0.1) is 5.69 Å². The largest absolute Gasteiger partial charge is 0.296 e. The number of fused-ring (bicyclic) bond motifs is 1. The molecule has 26 heavy (non-hydrogen) atoms. The van der Waals surface area contributed by atoms with Crippen LogP contribution in [0.1, 0.15) is 39.6 Å². The Morgan fingerprint density at radius 3 is 2.65 bits per heavy atom. The van der Waals surface area contributed by atoms with Crippen LogP contribution in [0.2, 0.25) is 0 Å². The lowest BCUT2D eigenvalue weighted by atomic mass is 9.97. The average Bonchev–Trinajstić information content (AvgIpc) is 3.16. The summed E-state index contributed by atoms with van der Waals surface area (Å²) in [6.07, 6.45) is 2.61. The number of aromatic nitrogens is 2. The molecule has 0 fully saturated rings. The molecule has 0 saturated carbocycles. The van der Waals surface area contributed by atoms with E-state index in [1.54, 1.807) is 6.07 Å². The minimum absolute atomic E-state index is 0.0301.